The summed E-state index contributed by atoms with van der Waals surface area (Å²) in [5.41, 5.74) is 1.68. The Morgan fingerprint density at radius 1 is 1.33 bits per heavy atom. The van der Waals surface area contributed by atoms with Gasteiger partial charge in [-0.1, -0.05) is 36.7 Å². The van der Waals surface area contributed by atoms with Crippen LogP contribution in [0.3, 0.4) is 0 Å². The molecule has 0 aliphatic carbocycles. The molecule has 0 saturated heterocycles. The summed E-state index contributed by atoms with van der Waals surface area (Å²) in [6.45, 7) is 11.1. The topological polar surface area (TPSA) is 34.9 Å². The average molecular weight is 380 g/mol. The molecule has 0 saturated carbocycles. The van der Waals surface area contributed by atoms with E-state index in [1.165, 1.54) is 0 Å². The van der Waals surface area contributed by atoms with Crippen molar-refractivity contribution in [3.63, 3.8) is 0 Å². The van der Waals surface area contributed by atoms with Gasteiger partial charge in [-0.2, -0.15) is 4.98 Å². The van der Waals surface area contributed by atoms with Gasteiger partial charge in [-0.25, -0.2) is 4.79 Å². The fourth-order valence-electron chi connectivity index (χ4n) is 1.77. The lowest BCUT2D eigenvalue weighted by molar-refractivity contribution is 0.234. The molecule has 1 rings (SSSR count). The standard InChI is InChI=1S/C13H20Br2N2O/c1-8-11(15)9(2)17(12(18)16-8)7-10(6-14)13(3,4)5/h10H,6-7H2,1-5H3. The molecule has 3 nitrogen and oxygen atoms in total. The molecule has 0 fully saturated rings. The second-order valence-corrected chi connectivity index (χ2v) is 7.15. The van der Waals surface area contributed by atoms with Crippen LogP contribution >= 0.6 is 31.9 Å². The molecule has 0 amide bonds. The normalized spacial score (nSPS) is 13.7. The van der Waals surface area contributed by atoms with Gasteiger partial charge >= 0.3 is 5.69 Å². The first-order valence-corrected chi connectivity index (χ1v) is 7.89. The molecule has 1 atom stereocenters. The Balaban J connectivity index is 3.20. The Bertz CT molecular complexity index is 489. The van der Waals surface area contributed by atoms with Crippen molar-refractivity contribution in [1.29, 1.82) is 0 Å². The zero-order valence-corrected chi connectivity index (χ0v) is 14.7. The number of hydrogen-bond donors (Lipinski definition) is 0. The van der Waals surface area contributed by atoms with Crippen molar-refractivity contribution in [2.45, 2.75) is 41.2 Å². The summed E-state index contributed by atoms with van der Waals surface area (Å²) < 4.78 is 2.68. The van der Waals surface area contributed by atoms with E-state index < -0.39 is 0 Å². The van der Waals surface area contributed by atoms with Crippen LogP contribution in [0.4, 0.5) is 0 Å². The smallest absolute Gasteiger partial charge is 0.295 e. The van der Waals surface area contributed by atoms with Crippen LogP contribution in [0.1, 0.15) is 32.2 Å². The molecule has 0 bridgehead atoms. The Labute approximate surface area is 125 Å². The zero-order chi connectivity index (χ0) is 14.1. The Morgan fingerprint density at radius 2 is 1.89 bits per heavy atom. The molecule has 102 valence electrons. The van der Waals surface area contributed by atoms with Gasteiger partial charge in [0.2, 0.25) is 0 Å². The number of nitrogens with zero attached hydrogens (tertiary/aromatic N) is 2. The number of alkyl halides is 1. The first-order chi connectivity index (χ1) is 8.18. The highest BCUT2D eigenvalue weighted by molar-refractivity contribution is 9.10. The van der Waals surface area contributed by atoms with Crippen LogP contribution in [0.15, 0.2) is 9.27 Å². The average Bonchev–Trinajstić information content (AvgIpc) is 2.24. The summed E-state index contributed by atoms with van der Waals surface area (Å²) in [5.74, 6) is 0.380. The van der Waals surface area contributed by atoms with Crippen molar-refractivity contribution in [3.8, 4) is 0 Å². The fourth-order valence-corrected chi connectivity index (χ4v) is 3.24. The minimum Gasteiger partial charge on any atom is -0.295 e. The number of aryl methyl sites for hydroxylation is 1. The van der Waals surface area contributed by atoms with Gasteiger partial charge in [0.15, 0.2) is 0 Å². The van der Waals surface area contributed by atoms with Crippen molar-refractivity contribution in [2.24, 2.45) is 11.3 Å². The van der Waals surface area contributed by atoms with Gasteiger partial charge in [-0.15, -0.1) is 0 Å². The van der Waals surface area contributed by atoms with E-state index in [0.717, 1.165) is 21.2 Å². The second kappa shape index (κ2) is 5.87. The third-order valence-corrected chi connectivity index (χ3v) is 5.28. The number of rotatable bonds is 3. The maximum Gasteiger partial charge on any atom is 0.348 e. The predicted octanol–water partition coefficient (Wildman–Crippen LogP) is 3.68. The van der Waals surface area contributed by atoms with Crippen LogP contribution in [-0.2, 0) is 6.54 Å². The molecule has 0 N–H and O–H groups in total. The van der Waals surface area contributed by atoms with Gasteiger partial charge in [-0.05, 0) is 41.1 Å². The second-order valence-electron chi connectivity index (χ2n) is 5.71. The van der Waals surface area contributed by atoms with Crippen LogP contribution in [0.25, 0.3) is 0 Å². The maximum atomic E-state index is 12.0. The van der Waals surface area contributed by atoms with Crippen LogP contribution < -0.4 is 5.69 Å². The lowest BCUT2D eigenvalue weighted by atomic mass is 9.82. The van der Waals surface area contributed by atoms with Crippen LogP contribution in [-0.4, -0.2) is 14.9 Å². The van der Waals surface area contributed by atoms with E-state index >= 15 is 0 Å². The molecular formula is C13H20Br2N2O. The molecule has 1 unspecified atom stereocenters. The Morgan fingerprint density at radius 3 is 2.33 bits per heavy atom. The first kappa shape index (κ1) is 15.9. The molecule has 18 heavy (non-hydrogen) atoms. The van der Waals surface area contributed by atoms with Gasteiger partial charge in [0.05, 0.1) is 10.2 Å². The quantitative estimate of drug-likeness (QED) is 0.750. The van der Waals surface area contributed by atoms with Crippen molar-refractivity contribution < 1.29 is 0 Å². The largest absolute Gasteiger partial charge is 0.348 e. The van der Waals surface area contributed by atoms with E-state index in [-0.39, 0.29) is 11.1 Å². The summed E-state index contributed by atoms with van der Waals surface area (Å²) in [6.07, 6.45) is 0. The van der Waals surface area contributed by atoms with E-state index in [9.17, 15) is 4.79 Å². The maximum absolute atomic E-state index is 12.0. The highest BCUT2D eigenvalue weighted by Crippen LogP contribution is 2.29. The fraction of sp³-hybridized carbons (Fsp3) is 0.692. The molecule has 1 aromatic heterocycles. The van der Waals surface area contributed by atoms with E-state index in [1.807, 2.05) is 13.8 Å². The molecule has 0 spiro atoms. The lowest BCUT2D eigenvalue weighted by Gasteiger charge is -2.30. The zero-order valence-electron chi connectivity index (χ0n) is 11.6. The van der Waals surface area contributed by atoms with Gasteiger partial charge in [0.1, 0.15) is 0 Å². The summed E-state index contributed by atoms with van der Waals surface area (Å²) in [6, 6.07) is 0. The van der Waals surface area contributed by atoms with Crippen molar-refractivity contribution in [2.75, 3.05) is 5.33 Å². The van der Waals surface area contributed by atoms with E-state index in [2.05, 4.69) is 57.6 Å². The summed E-state index contributed by atoms with van der Waals surface area (Å²) in [4.78, 5) is 16.1. The summed E-state index contributed by atoms with van der Waals surface area (Å²) >= 11 is 7.04. The molecule has 0 aromatic carbocycles. The molecule has 5 heteroatoms. The van der Waals surface area contributed by atoms with Crippen LogP contribution in [0, 0.1) is 25.2 Å². The van der Waals surface area contributed by atoms with Crippen molar-refractivity contribution >= 4 is 31.9 Å². The third kappa shape index (κ3) is 3.44. The number of hydrogen-bond acceptors (Lipinski definition) is 2. The van der Waals surface area contributed by atoms with Crippen LogP contribution in [0.5, 0.6) is 0 Å². The Hall–Kier alpha value is -0.160. The van der Waals surface area contributed by atoms with Gasteiger partial charge in [-0.3, -0.25) is 4.57 Å². The number of aromatic nitrogens is 2. The first-order valence-electron chi connectivity index (χ1n) is 5.98. The predicted molar refractivity (Wildman–Crippen MR) is 82.4 cm³/mol. The molecule has 0 radical (unpaired) electrons. The van der Waals surface area contributed by atoms with E-state index in [4.69, 9.17) is 0 Å². The molecule has 0 aliphatic heterocycles. The summed E-state index contributed by atoms with van der Waals surface area (Å²) in [7, 11) is 0. The molecule has 0 aliphatic rings. The van der Waals surface area contributed by atoms with E-state index in [0.29, 0.717) is 12.5 Å². The highest BCUT2D eigenvalue weighted by atomic mass is 79.9. The third-order valence-electron chi connectivity index (χ3n) is 3.35. The summed E-state index contributed by atoms with van der Waals surface area (Å²) in [5, 5.41) is 0.869. The number of halogens is 2. The highest BCUT2D eigenvalue weighted by Gasteiger charge is 2.25. The molecule has 1 aromatic rings. The van der Waals surface area contributed by atoms with Gasteiger partial charge in [0.25, 0.3) is 0 Å². The van der Waals surface area contributed by atoms with E-state index in [1.54, 1.807) is 4.57 Å². The lowest BCUT2D eigenvalue weighted by Crippen LogP contribution is -2.34. The van der Waals surface area contributed by atoms with Gasteiger partial charge < -0.3 is 0 Å². The minimum absolute atomic E-state index is 0.146. The Kier molecular flexibility index (Phi) is 5.18. The van der Waals surface area contributed by atoms with Gasteiger partial charge in [0, 0.05) is 17.6 Å². The van der Waals surface area contributed by atoms with Crippen LogP contribution in [0.2, 0.25) is 0 Å². The van der Waals surface area contributed by atoms with Crippen molar-refractivity contribution in [1.82, 2.24) is 9.55 Å². The monoisotopic (exact) mass is 378 g/mol. The minimum atomic E-state index is -0.164. The van der Waals surface area contributed by atoms with Crippen molar-refractivity contribution in [3.05, 3.63) is 26.3 Å². The SMILES string of the molecule is Cc1nc(=O)n(CC(CBr)C(C)(C)C)c(C)c1Br. The molecule has 1 heterocycles. The molecular weight excluding hydrogens is 360 g/mol.